The number of carbonyl (C=O) groups is 1. The Morgan fingerprint density at radius 1 is 1.38 bits per heavy atom. The Hall–Kier alpha value is -1.67. The molecule has 128 valence electrons. The summed E-state index contributed by atoms with van der Waals surface area (Å²) in [6.07, 6.45) is 3.99. The molecule has 1 aliphatic heterocycles. The SMILES string of the molecule is Nc1nnc(SCC(=O)N2CCCCC[C@H]2c2cccc(F)c2)s1. The molecule has 1 aromatic carbocycles. The predicted octanol–water partition coefficient (Wildman–Crippen LogP) is 3.50. The second kappa shape index (κ2) is 7.94. The maximum absolute atomic E-state index is 13.6. The Bertz CT molecular complexity index is 709. The summed E-state index contributed by atoms with van der Waals surface area (Å²) in [5.41, 5.74) is 6.43. The summed E-state index contributed by atoms with van der Waals surface area (Å²) in [5.74, 6) is 0.0771. The van der Waals surface area contributed by atoms with E-state index in [4.69, 9.17) is 5.73 Å². The molecule has 24 heavy (non-hydrogen) atoms. The quantitative estimate of drug-likeness (QED) is 0.839. The fourth-order valence-electron chi connectivity index (χ4n) is 2.95. The van der Waals surface area contributed by atoms with Gasteiger partial charge in [-0.1, -0.05) is 48.1 Å². The second-order valence-corrected chi connectivity index (χ2v) is 7.93. The third-order valence-corrected chi connectivity index (χ3v) is 5.92. The van der Waals surface area contributed by atoms with Gasteiger partial charge in [0.15, 0.2) is 4.34 Å². The minimum atomic E-state index is -0.261. The number of amides is 1. The molecule has 1 atom stereocenters. The molecule has 3 rings (SSSR count). The van der Waals surface area contributed by atoms with Crippen LogP contribution in [0, 0.1) is 5.82 Å². The Morgan fingerprint density at radius 3 is 3.00 bits per heavy atom. The lowest BCUT2D eigenvalue weighted by molar-refractivity contribution is -0.130. The number of nitrogen functional groups attached to an aromatic ring is 1. The highest BCUT2D eigenvalue weighted by Crippen LogP contribution is 2.32. The van der Waals surface area contributed by atoms with Crippen LogP contribution in [0.5, 0.6) is 0 Å². The molecule has 0 aliphatic carbocycles. The summed E-state index contributed by atoms with van der Waals surface area (Å²) in [6, 6.07) is 6.52. The van der Waals surface area contributed by atoms with Crippen molar-refractivity contribution in [1.29, 1.82) is 0 Å². The molecular formula is C16H19FN4OS2. The molecule has 0 radical (unpaired) electrons. The van der Waals surface area contributed by atoms with Gasteiger partial charge in [0.1, 0.15) is 5.82 Å². The van der Waals surface area contributed by atoms with E-state index in [1.165, 1.54) is 35.2 Å². The second-order valence-electron chi connectivity index (χ2n) is 5.70. The molecule has 0 unspecified atom stereocenters. The number of nitrogens with zero attached hydrogens (tertiary/aromatic N) is 3. The van der Waals surface area contributed by atoms with Gasteiger partial charge in [0.25, 0.3) is 0 Å². The van der Waals surface area contributed by atoms with Crippen molar-refractivity contribution < 1.29 is 9.18 Å². The zero-order chi connectivity index (χ0) is 16.9. The third kappa shape index (κ3) is 4.24. The molecule has 1 saturated heterocycles. The molecule has 1 fully saturated rings. The van der Waals surface area contributed by atoms with Crippen LogP contribution in [0.1, 0.15) is 37.3 Å². The first-order valence-corrected chi connectivity index (χ1v) is 9.70. The third-order valence-electron chi connectivity index (χ3n) is 4.05. The van der Waals surface area contributed by atoms with Crippen LogP contribution in [0.15, 0.2) is 28.6 Å². The van der Waals surface area contributed by atoms with Gasteiger partial charge >= 0.3 is 0 Å². The van der Waals surface area contributed by atoms with E-state index in [0.717, 1.165) is 31.2 Å². The van der Waals surface area contributed by atoms with Gasteiger partial charge in [0, 0.05) is 6.54 Å². The van der Waals surface area contributed by atoms with E-state index in [1.807, 2.05) is 11.0 Å². The van der Waals surface area contributed by atoms with Crippen LogP contribution in [0.25, 0.3) is 0 Å². The van der Waals surface area contributed by atoms with Crippen LogP contribution < -0.4 is 5.73 Å². The Kier molecular flexibility index (Phi) is 5.68. The molecule has 5 nitrogen and oxygen atoms in total. The number of hydrogen-bond donors (Lipinski definition) is 1. The fraction of sp³-hybridized carbons (Fsp3) is 0.438. The molecule has 1 amide bonds. The van der Waals surface area contributed by atoms with Crippen molar-refractivity contribution in [2.75, 3.05) is 18.0 Å². The maximum Gasteiger partial charge on any atom is 0.233 e. The minimum Gasteiger partial charge on any atom is -0.374 e. The van der Waals surface area contributed by atoms with E-state index in [2.05, 4.69) is 10.2 Å². The largest absolute Gasteiger partial charge is 0.374 e. The van der Waals surface area contributed by atoms with Gasteiger partial charge in [-0.3, -0.25) is 4.79 Å². The predicted molar refractivity (Wildman–Crippen MR) is 94.4 cm³/mol. The number of thioether (sulfide) groups is 1. The molecule has 1 aromatic heterocycles. The standard InChI is InChI=1S/C16H19FN4OS2/c17-12-6-4-5-11(9-12)13-7-2-1-3-8-21(13)14(22)10-23-16-20-19-15(18)24-16/h4-6,9,13H,1-3,7-8,10H2,(H2,18,19)/t13-/m0/s1. The molecule has 0 saturated carbocycles. The summed E-state index contributed by atoms with van der Waals surface area (Å²) in [4.78, 5) is 14.6. The van der Waals surface area contributed by atoms with Crippen molar-refractivity contribution in [3.63, 3.8) is 0 Å². The van der Waals surface area contributed by atoms with Gasteiger partial charge in [-0.2, -0.15) is 0 Å². The summed E-state index contributed by atoms with van der Waals surface area (Å²) in [5, 5.41) is 8.08. The number of anilines is 1. The van der Waals surface area contributed by atoms with Gasteiger partial charge in [0.05, 0.1) is 11.8 Å². The molecule has 0 spiro atoms. The average Bonchev–Trinajstić information content (AvgIpc) is 2.84. The number of aromatic nitrogens is 2. The molecule has 2 heterocycles. The summed E-state index contributed by atoms with van der Waals surface area (Å²) >= 11 is 2.63. The van der Waals surface area contributed by atoms with Gasteiger partial charge in [-0.15, -0.1) is 10.2 Å². The zero-order valence-corrected chi connectivity index (χ0v) is 14.8. The first kappa shape index (κ1) is 17.2. The van der Waals surface area contributed by atoms with E-state index in [-0.39, 0.29) is 17.8 Å². The van der Waals surface area contributed by atoms with E-state index in [1.54, 1.807) is 6.07 Å². The van der Waals surface area contributed by atoms with E-state index >= 15 is 0 Å². The first-order valence-electron chi connectivity index (χ1n) is 7.90. The van der Waals surface area contributed by atoms with E-state index < -0.39 is 0 Å². The lowest BCUT2D eigenvalue weighted by Crippen LogP contribution is -2.36. The van der Waals surface area contributed by atoms with Crippen LogP contribution in [-0.2, 0) is 4.79 Å². The Balaban J connectivity index is 1.72. The number of nitrogens with two attached hydrogens (primary N) is 1. The van der Waals surface area contributed by atoms with Crippen LogP contribution in [0.4, 0.5) is 9.52 Å². The van der Waals surface area contributed by atoms with Crippen LogP contribution in [0.3, 0.4) is 0 Å². The van der Waals surface area contributed by atoms with Crippen LogP contribution in [0.2, 0.25) is 0 Å². The molecular weight excluding hydrogens is 347 g/mol. The topological polar surface area (TPSA) is 72.1 Å². The number of rotatable bonds is 4. The highest BCUT2D eigenvalue weighted by Gasteiger charge is 2.27. The Labute approximate surface area is 148 Å². The van der Waals surface area contributed by atoms with Crippen molar-refractivity contribution in [3.05, 3.63) is 35.6 Å². The summed E-state index contributed by atoms with van der Waals surface area (Å²) < 4.78 is 14.3. The van der Waals surface area contributed by atoms with Gasteiger partial charge in [-0.05, 0) is 30.5 Å². The highest BCUT2D eigenvalue weighted by molar-refractivity contribution is 8.01. The maximum atomic E-state index is 13.6. The van der Waals surface area contributed by atoms with Crippen molar-refractivity contribution in [2.45, 2.75) is 36.1 Å². The minimum absolute atomic E-state index is 0.0462. The molecule has 8 heteroatoms. The smallest absolute Gasteiger partial charge is 0.233 e. The normalized spacial score (nSPS) is 18.4. The summed E-state index contributed by atoms with van der Waals surface area (Å²) in [6.45, 7) is 0.707. The molecule has 1 aliphatic rings. The first-order chi connectivity index (χ1) is 11.6. The zero-order valence-electron chi connectivity index (χ0n) is 13.2. The van der Waals surface area contributed by atoms with E-state index in [0.29, 0.717) is 21.8 Å². The van der Waals surface area contributed by atoms with Gasteiger partial charge in [-0.25, -0.2) is 4.39 Å². The van der Waals surface area contributed by atoms with Crippen LogP contribution in [-0.4, -0.2) is 33.3 Å². The number of likely N-dealkylation sites (tertiary alicyclic amines) is 1. The molecule has 2 aromatic rings. The van der Waals surface area contributed by atoms with Gasteiger partial charge in [0.2, 0.25) is 11.0 Å². The van der Waals surface area contributed by atoms with Gasteiger partial charge < -0.3 is 10.6 Å². The van der Waals surface area contributed by atoms with Crippen LogP contribution >= 0.6 is 23.1 Å². The number of benzene rings is 1. The average molecular weight is 366 g/mol. The molecule has 0 bridgehead atoms. The van der Waals surface area contributed by atoms with Crippen molar-refractivity contribution >= 4 is 34.1 Å². The highest BCUT2D eigenvalue weighted by atomic mass is 32.2. The Morgan fingerprint density at radius 2 is 2.25 bits per heavy atom. The number of hydrogen-bond acceptors (Lipinski definition) is 6. The fourth-order valence-corrected chi connectivity index (χ4v) is 4.47. The monoisotopic (exact) mass is 366 g/mol. The van der Waals surface area contributed by atoms with Crippen molar-refractivity contribution in [2.24, 2.45) is 0 Å². The lowest BCUT2D eigenvalue weighted by Gasteiger charge is -2.30. The molecule has 2 N–H and O–H groups in total. The lowest BCUT2D eigenvalue weighted by atomic mass is 10.0. The van der Waals surface area contributed by atoms with Crippen molar-refractivity contribution in [1.82, 2.24) is 15.1 Å². The summed E-state index contributed by atoms with van der Waals surface area (Å²) in [7, 11) is 0. The number of carbonyl (C=O) groups excluding carboxylic acids is 1. The van der Waals surface area contributed by atoms with E-state index in [9.17, 15) is 9.18 Å². The van der Waals surface area contributed by atoms with Crippen molar-refractivity contribution in [3.8, 4) is 0 Å². The number of halogens is 1.